The molecule has 2 aromatic heterocycles. The van der Waals surface area contributed by atoms with Gasteiger partial charge in [0.05, 0.1) is 5.69 Å². The number of hydrogen-bond donors (Lipinski definition) is 1. The van der Waals surface area contributed by atoms with Gasteiger partial charge in [-0.25, -0.2) is 9.97 Å². The van der Waals surface area contributed by atoms with Crippen molar-refractivity contribution >= 4 is 34.5 Å². The fraction of sp³-hybridized carbons (Fsp3) is 0.500. The van der Waals surface area contributed by atoms with E-state index < -0.39 is 0 Å². The molecule has 1 fully saturated rings. The lowest BCUT2D eigenvalue weighted by atomic mass is 10.3. The highest BCUT2D eigenvalue weighted by molar-refractivity contribution is 8.08. The third-order valence-electron chi connectivity index (χ3n) is 4.61. The van der Waals surface area contributed by atoms with Crippen LogP contribution in [-0.4, -0.2) is 68.8 Å². The lowest BCUT2D eigenvalue weighted by molar-refractivity contribution is 0.311. The maximum Gasteiger partial charge on any atom is 0.234 e. The largest absolute Gasteiger partial charge is 0.338 e. The molecule has 27 heavy (non-hydrogen) atoms. The number of aromatic nitrogens is 5. The maximum absolute atomic E-state index is 4.63. The summed E-state index contributed by atoms with van der Waals surface area (Å²) in [5.74, 6) is 3.62. The van der Waals surface area contributed by atoms with Gasteiger partial charge in [-0.05, 0) is 19.5 Å². The minimum Gasteiger partial charge on any atom is -0.338 e. The molecule has 0 unspecified atom stereocenters. The Morgan fingerprint density at radius 2 is 1.93 bits per heavy atom. The van der Waals surface area contributed by atoms with E-state index >= 15 is 0 Å². The SMILES string of the molecule is CCc1nc(Nc2nccc(C3=CCCS3)n2)nc(N2CCN(C)CC2)n1. The van der Waals surface area contributed by atoms with Crippen LogP contribution in [0.3, 0.4) is 0 Å². The second kappa shape index (κ2) is 8.18. The number of allylic oxidation sites excluding steroid dienone is 1. The van der Waals surface area contributed by atoms with E-state index in [4.69, 9.17) is 0 Å². The van der Waals surface area contributed by atoms with Crippen LogP contribution >= 0.6 is 11.8 Å². The molecule has 0 spiro atoms. The first kappa shape index (κ1) is 18.1. The number of nitrogens with zero attached hydrogens (tertiary/aromatic N) is 7. The highest BCUT2D eigenvalue weighted by Crippen LogP contribution is 2.32. The molecule has 4 heterocycles. The minimum absolute atomic E-state index is 0.501. The molecular weight excluding hydrogens is 360 g/mol. The van der Waals surface area contributed by atoms with Crippen molar-refractivity contribution in [2.45, 2.75) is 19.8 Å². The van der Waals surface area contributed by atoms with Crippen LogP contribution in [0.1, 0.15) is 24.9 Å². The van der Waals surface area contributed by atoms with Crippen LogP contribution in [0.2, 0.25) is 0 Å². The van der Waals surface area contributed by atoms with Crippen molar-refractivity contribution in [1.82, 2.24) is 29.8 Å². The first-order chi connectivity index (χ1) is 13.2. The Morgan fingerprint density at radius 3 is 2.67 bits per heavy atom. The molecular formula is C18H24N8S. The molecule has 2 aliphatic rings. The average molecular weight is 385 g/mol. The van der Waals surface area contributed by atoms with Crippen LogP contribution in [0.15, 0.2) is 18.3 Å². The van der Waals surface area contributed by atoms with Crippen molar-refractivity contribution in [3.63, 3.8) is 0 Å². The number of piperazine rings is 1. The molecule has 1 N–H and O–H groups in total. The quantitative estimate of drug-likeness (QED) is 0.834. The molecule has 0 bridgehead atoms. The Balaban J connectivity index is 1.56. The number of rotatable bonds is 5. The summed E-state index contributed by atoms with van der Waals surface area (Å²) in [6.07, 6.45) is 5.84. The van der Waals surface area contributed by atoms with E-state index in [0.29, 0.717) is 11.9 Å². The topological polar surface area (TPSA) is 83.0 Å². The first-order valence-corrected chi connectivity index (χ1v) is 10.3. The molecule has 9 heteroatoms. The van der Waals surface area contributed by atoms with Gasteiger partial charge in [-0.1, -0.05) is 13.0 Å². The third kappa shape index (κ3) is 4.36. The van der Waals surface area contributed by atoms with Crippen molar-refractivity contribution in [1.29, 1.82) is 0 Å². The van der Waals surface area contributed by atoms with E-state index in [1.54, 1.807) is 6.20 Å². The summed E-state index contributed by atoms with van der Waals surface area (Å²) in [6, 6.07) is 1.94. The molecule has 4 rings (SSSR count). The molecule has 1 saturated heterocycles. The van der Waals surface area contributed by atoms with Gasteiger partial charge in [-0.3, -0.25) is 5.32 Å². The molecule has 0 radical (unpaired) electrons. The summed E-state index contributed by atoms with van der Waals surface area (Å²) in [5, 5.41) is 3.17. The third-order valence-corrected chi connectivity index (χ3v) is 5.74. The van der Waals surface area contributed by atoms with E-state index in [1.807, 2.05) is 24.8 Å². The second-order valence-corrected chi connectivity index (χ2v) is 7.75. The molecule has 142 valence electrons. The standard InChI is InChI=1S/C18H24N8S/c1-3-15-21-17(24-18(22-15)26-10-8-25(2)9-11-26)23-16-19-7-6-13(20-16)14-5-4-12-27-14/h5-7H,3-4,8-12H2,1-2H3,(H,19,20,21,22,23,24). The lowest BCUT2D eigenvalue weighted by Crippen LogP contribution is -2.45. The summed E-state index contributed by atoms with van der Waals surface area (Å²) < 4.78 is 0. The van der Waals surface area contributed by atoms with Gasteiger partial charge in [-0.2, -0.15) is 15.0 Å². The molecule has 0 atom stereocenters. The average Bonchev–Trinajstić information content (AvgIpc) is 3.23. The Bertz CT molecular complexity index is 832. The van der Waals surface area contributed by atoms with E-state index in [1.165, 1.54) is 4.91 Å². The van der Waals surface area contributed by atoms with Crippen molar-refractivity contribution in [3.8, 4) is 0 Å². The number of anilines is 3. The number of thioether (sulfide) groups is 1. The number of hydrogen-bond acceptors (Lipinski definition) is 9. The lowest BCUT2D eigenvalue weighted by Gasteiger charge is -2.32. The summed E-state index contributed by atoms with van der Waals surface area (Å²) in [6.45, 7) is 5.90. The molecule has 0 amide bonds. The van der Waals surface area contributed by atoms with Gasteiger partial charge < -0.3 is 9.80 Å². The van der Waals surface area contributed by atoms with E-state index in [-0.39, 0.29) is 0 Å². The molecule has 8 nitrogen and oxygen atoms in total. The Hall–Kier alpha value is -2.26. The van der Waals surface area contributed by atoms with Gasteiger partial charge in [0.1, 0.15) is 5.82 Å². The molecule has 0 aliphatic carbocycles. The fourth-order valence-electron chi connectivity index (χ4n) is 3.02. The van der Waals surface area contributed by atoms with Gasteiger partial charge in [0, 0.05) is 49.5 Å². The van der Waals surface area contributed by atoms with Gasteiger partial charge in [0.25, 0.3) is 0 Å². The van der Waals surface area contributed by atoms with Crippen LogP contribution in [0.5, 0.6) is 0 Å². The monoisotopic (exact) mass is 384 g/mol. The summed E-state index contributed by atoms with van der Waals surface area (Å²) in [5.41, 5.74) is 0.944. The van der Waals surface area contributed by atoms with Crippen LogP contribution in [0, 0.1) is 0 Å². The normalized spacial score (nSPS) is 17.9. The Labute approximate surface area is 163 Å². The minimum atomic E-state index is 0.501. The highest BCUT2D eigenvalue weighted by atomic mass is 32.2. The van der Waals surface area contributed by atoms with Crippen LogP contribution in [0.4, 0.5) is 17.8 Å². The van der Waals surface area contributed by atoms with Crippen LogP contribution in [-0.2, 0) is 6.42 Å². The number of aryl methyl sites for hydroxylation is 1. The van der Waals surface area contributed by atoms with E-state index in [2.05, 4.69) is 53.2 Å². The van der Waals surface area contributed by atoms with Gasteiger partial charge in [0.15, 0.2) is 0 Å². The Kier molecular flexibility index (Phi) is 5.49. The van der Waals surface area contributed by atoms with Crippen molar-refractivity contribution in [2.75, 3.05) is 49.2 Å². The maximum atomic E-state index is 4.63. The van der Waals surface area contributed by atoms with Gasteiger partial charge in [0.2, 0.25) is 17.8 Å². The van der Waals surface area contributed by atoms with Gasteiger partial charge >= 0.3 is 0 Å². The Morgan fingerprint density at radius 1 is 1.07 bits per heavy atom. The summed E-state index contributed by atoms with van der Waals surface area (Å²) in [7, 11) is 2.14. The molecule has 0 aromatic carbocycles. The first-order valence-electron chi connectivity index (χ1n) is 9.33. The zero-order valence-corrected chi connectivity index (χ0v) is 16.5. The van der Waals surface area contributed by atoms with Crippen molar-refractivity contribution in [3.05, 3.63) is 29.9 Å². The highest BCUT2D eigenvalue weighted by Gasteiger charge is 2.19. The number of nitrogens with one attached hydrogen (secondary N) is 1. The summed E-state index contributed by atoms with van der Waals surface area (Å²) in [4.78, 5) is 28.5. The van der Waals surface area contributed by atoms with Gasteiger partial charge in [-0.15, -0.1) is 11.8 Å². The zero-order valence-electron chi connectivity index (χ0n) is 15.7. The zero-order chi connectivity index (χ0) is 18.6. The van der Waals surface area contributed by atoms with Crippen molar-refractivity contribution in [2.24, 2.45) is 0 Å². The fourth-order valence-corrected chi connectivity index (χ4v) is 3.97. The predicted molar refractivity (Wildman–Crippen MR) is 109 cm³/mol. The van der Waals surface area contributed by atoms with Crippen LogP contribution < -0.4 is 10.2 Å². The van der Waals surface area contributed by atoms with E-state index in [0.717, 1.165) is 62.2 Å². The number of likely N-dealkylation sites (N-methyl/N-ethyl adjacent to an activating group) is 1. The molecule has 2 aliphatic heterocycles. The van der Waals surface area contributed by atoms with Crippen LogP contribution in [0.25, 0.3) is 4.91 Å². The second-order valence-electron chi connectivity index (χ2n) is 6.62. The molecule has 0 saturated carbocycles. The molecule has 2 aromatic rings. The van der Waals surface area contributed by atoms with E-state index in [9.17, 15) is 0 Å². The predicted octanol–water partition coefficient (Wildman–Crippen LogP) is 2.20. The van der Waals surface area contributed by atoms with Crippen molar-refractivity contribution < 1.29 is 0 Å². The summed E-state index contributed by atoms with van der Waals surface area (Å²) >= 11 is 1.83. The smallest absolute Gasteiger partial charge is 0.234 e.